The van der Waals surface area contributed by atoms with E-state index in [1.165, 1.54) is 0 Å². The minimum atomic E-state index is -1.36. The summed E-state index contributed by atoms with van der Waals surface area (Å²) in [5.41, 5.74) is 0. The van der Waals surface area contributed by atoms with Crippen LogP contribution in [0.3, 0.4) is 0 Å². The minimum Gasteiger partial charge on any atom is -0.326 e. The molecule has 0 aromatic rings. The highest BCUT2D eigenvalue weighted by molar-refractivity contribution is 4.54. The van der Waals surface area contributed by atoms with Crippen molar-refractivity contribution in [1.82, 2.24) is 0 Å². The summed E-state index contributed by atoms with van der Waals surface area (Å²) in [4.78, 5) is 0. The lowest BCUT2D eigenvalue weighted by Gasteiger charge is -2.29. The molecule has 0 heterocycles. The van der Waals surface area contributed by atoms with E-state index in [-0.39, 0.29) is 0 Å². The second-order valence-electron chi connectivity index (χ2n) is 3.25. The van der Waals surface area contributed by atoms with Gasteiger partial charge in [0.1, 0.15) is 0 Å². The summed E-state index contributed by atoms with van der Waals surface area (Å²) in [6.07, 6.45) is 3.14. The van der Waals surface area contributed by atoms with Crippen molar-refractivity contribution < 1.29 is 19.3 Å². The van der Waals surface area contributed by atoms with Gasteiger partial charge >= 0.3 is 5.97 Å². The van der Waals surface area contributed by atoms with Crippen molar-refractivity contribution in [2.24, 2.45) is 0 Å². The van der Waals surface area contributed by atoms with Gasteiger partial charge in [0.05, 0.1) is 6.61 Å². The van der Waals surface area contributed by atoms with Gasteiger partial charge in [0.25, 0.3) is 0 Å². The predicted octanol–water partition coefficient (Wildman–Crippen LogP) is 2.35. The van der Waals surface area contributed by atoms with Crippen LogP contribution >= 0.6 is 0 Å². The predicted molar refractivity (Wildman–Crippen MR) is 57.0 cm³/mol. The van der Waals surface area contributed by atoms with E-state index in [0.29, 0.717) is 19.8 Å². The molecule has 0 aliphatic rings. The van der Waals surface area contributed by atoms with Crippen LogP contribution in [0, 0.1) is 0 Å². The van der Waals surface area contributed by atoms with Crippen molar-refractivity contribution >= 4 is 0 Å². The van der Waals surface area contributed by atoms with Crippen LogP contribution in [-0.4, -0.2) is 32.4 Å². The number of hydrogen-bond acceptors (Lipinski definition) is 3. The summed E-state index contributed by atoms with van der Waals surface area (Å²) in [5.74, 6) is -1.36. The van der Waals surface area contributed by atoms with E-state index < -0.39 is 12.6 Å². The van der Waals surface area contributed by atoms with Gasteiger partial charge in [0.2, 0.25) is 0 Å². The fraction of sp³-hybridized carbons (Fsp3) is 1.00. The van der Waals surface area contributed by atoms with Gasteiger partial charge in [-0.15, -0.1) is 0 Å². The van der Waals surface area contributed by atoms with Crippen molar-refractivity contribution in [2.45, 2.75) is 46.0 Å². The van der Waals surface area contributed by atoms with Crippen LogP contribution in [0.1, 0.15) is 40.0 Å². The van der Waals surface area contributed by atoms with Crippen LogP contribution in [0.25, 0.3) is 0 Å². The van der Waals surface area contributed by atoms with E-state index in [1.54, 1.807) is 0 Å². The average molecular weight is 219 g/mol. The molecule has 4 heteroatoms. The zero-order chi connectivity index (χ0) is 11.6. The Balaban J connectivity index is 3.96. The molecule has 0 aliphatic heterocycles. The van der Waals surface area contributed by atoms with Crippen LogP contribution in [0.2, 0.25) is 0 Å². The molecule has 4 nitrogen and oxygen atoms in total. The van der Waals surface area contributed by atoms with E-state index in [1.807, 2.05) is 13.8 Å². The van der Waals surface area contributed by atoms with E-state index in [4.69, 9.17) is 14.2 Å². The van der Waals surface area contributed by atoms with Crippen LogP contribution in [0.15, 0.2) is 0 Å². The number of unbranched alkanes of at least 4 members (excludes halogenated alkanes) is 2. The van der Waals surface area contributed by atoms with Gasteiger partial charge in [-0.3, -0.25) is 0 Å². The molecule has 0 bridgehead atoms. The first-order valence-electron chi connectivity index (χ1n) is 5.74. The zero-order valence-corrected chi connectivity index (χ0v) is 10.1. The monoisotopic (exact) mass is 219 g/mol. The normalized spacial score (nSPS) is 12.0. The Bertz CT molecular complexity index is 133. The molecule has 0 spiro atoms. The molecule has 0 fully saturated rings. The highest BCUT2D eigenvalue weighted by atomic mass is 16.9. The summed E-state index contributed by atoms with van der Waals surface area (Å²) in [7, 11) is 0. The smallest absolute Gasteiger partial charge is 0.311 e. The Morgan fingerprint density at radius 3 is 1.93 bits per heavy atom. The van der Waals surface area contributed by atoms with Gasteiger partial charge in [0, 0.05) is 13.2 Å². The van der Waals surface area contributed by atoms with Crippen LogP contribution in [0.5, 0.6) is 0 Å². The molecule has 0 N–H and O–H groups in total. The molecule has 0 aromatic heterocycles. The zero-order valence-electron chi connectivity index (χ0n) is 10.1. The second kappa shape index (κ2) is 9.09. The van der Waals surface area contributed by atoms with E-state index in [9.17, 15) is 5.11 Å². The third-order valence-electron chi connectivity index (χ3n) is 1.98. The molecule has 91 valence electrons. The first-order chi connectivity index (χ1) is 7.24. The quantitative estimate of drug-likeness (QED) is 0.418. The van der Waals surface area contributed by atoms with Crippen molar-refractivity contribution in [3.8, 4) is 0 Å². The third kappa shape index (κ3) is 6.10. The molecule has 0 rings (SSSR count). The van der Waals surface area contributed by atoms with E-state index in [2.05, 4.69) is 6.92 Å². The maximum Gasteiger partial charge on any atom is 0.311 e. The number of hydrogen-bond donors (Lipinski definition) is 0. The maximum atomic E-state index is 11.0. The largest absolute Gasteiger partial charge is 0.326 e. The Hall–Kier alpha value is -0.160. The number of rotatable bonds is 10. The molecule has 0 unspecified atom stereocenters. The first-order valence-corrected chi connectivity index (χ1v) is 5.74. The maximum absolute atomic E-state index is 11.0. The Morgan fingerprint density at radius 1 is 0.933 bits per heavy atom. The standard InChI is InChI=1S/C11H23O4/c1-4-7-8-9-15-11(10-12,13-5-2)14-6-3/h4-10H2,1-3H3. The molecule has 1 radical (unpaired) electrons. The second-order valence-corrected chi connectivity index (χ2v) is 3.25. The van der Waals surface area contributed by atoms with E-state index in [0.717, 1.165) is 19.3 Å². The third-order valence-corrected chi connectivity index (χ3v) is 1.98. The summed E-state index contributed by atoms with van der Waals surface area (Å²) in [6, 6.07) is 0. The van der Waals surface area contributed by atoms with Gasteiger partial charge in [0.15, 0.2) is 6.61 Å². The molecule has 0 aromatic carbocycles. The Kier molecular flexibility index (Phi) is 9.00. The van der Waals surface area contributed by atoms with Crippen molar-refractivity contribution in [1.29, 1.82) is 0 Å². The molecular weight excluding hydrogens is 196 g/mol. The van der Waals surface area contributed by atoms with E-state index >= 15 is 0 Å². The van der Waals surface area contributed by atoms with Crippen molar-refractivity contribution in [2.75, 3.05) is 26.4 Å². The van der Waals surface area contributed by atoms with Gasteiger partial charge in [-0.1, -0.05) is 19.8 Å². The van der Waals surface area contributed by atoms with Crippen molar-refractivity contribution in [3.05, 3.63) is 0 Å². The highest BCUT2D eigenvalue weighted by Gasteiger charge is 2.32. The molecule has 0 saturated heterocycles. The lowest BCUT2D eigenvalue weighted by molar-refractivity contribution is -0.394. The van der Waals surface area contributed by atoms with Crippen LogP contribution in [0.4, 0.5) is 0 Å². The van der Waals surface area contributed by atoms with Gasteiger partial charge in [-0.2, -0.15) is 0 Å². The SMILES string of the molecule is CCCCCOC(C[O])(OCC)OCC. The van der Waals surface area contributed by atoms with Crippen molar-refractivity contribution in [3.63, 3.8) is 0 Å². The van der Waals surface area contributed by atoms with Gasteiger partial charge in [-0.05, 0) is 20.3 Å². The van der Waals surface area contributed by atoms with Gasteiger partial charge in [-0.25, -0.2) is 5.11 Å². The molecule has 0 aliphatic carbocycles. The van der Waals surface area contributed by atoms with Crippen LogP contribution in [-0.2, 0) is 19.3 Å². The molecule has 0 amide bonds. The average Bonchev–Trinajstić information content (AvgIpc) is 2.25. The topological polar surface area (TPSA) is 47.6 Å². The lowest BCUT2D eigenvalue weighted by Crippen LogP contribution is -2.43. The minimum absolute atomic E-state index is 0.413. The van der Waals surface area contributed by atoms with Crippen LogP contribution < -0.4 is 0 Å². The number of ether oxygens (including phenoxy) is 3. The molecule has 15 heavy (non-hydrogen) atoms. The summed E-state index contributed by atoms with van der Waals surface area (Å²) in [5, 5.41) is 11.0. The fourth-order valence-electron chi connectivity index (χ4n) is 1.27. The summed E-state index contributed by atoms with van der Waals surface area (Å²) in [6.45, 7) is 6.56. The molecule has 0 saturated carbocycles. The summed E-state index contributed by atoms with van der Waals surface area (Å²) < 4.78 is 15.9. The Morgan fingerprint density at radius 2 is 1.53 bits per heavy atom. The first kappa shape index (κ1) is 14.8. The van der Waals surface area contributed by atoms with Gasteiger partial charge < -0.3 is 14.2 Å². The Labute approximate surface area is 92.5 Å². The molecular formula is C11H23O4. The lowest BCUT2D eigenvalue weighted by atomic mass is 10.3. The fourth-order valence-corrected chi connectivity index (χ4v) is 1.27. The summed E-state index contributed by atoms with van der Waals surface area (Å²) >= 11 is 0. The molecule has 0 atom stereocenters. The highest BCUT2D eigenvalue weighted by Crippen LogP contribution is 2.16.